The molecule has 112 valence electrons. The number of nitrogens with one attached hydrogen (secondary N) is 2. The highest BCUT2D eigenvalue weighted by Gasteiger charge is 2.04. The third-order valence-electron chi connectivity index (χ3n) is 2.38. The molecule has 1 aromatic carbocycles. The van der Waals surface area contributed by atoms with Crippen LogP contribution in [0, 0.1) is 0 Å². The topological polar surface area (TPSA) is 59.6 Å². The third kappa shape index (κ3) is 6.89. The molecule has 1 rings (SSSR count). The van der Waals surface area contributed by atoms with Crippen molar-refractivity contribution in [3.63, 3.8) is 0 Å². The van der Waals surface area contributed by atoms with Gasteiger partial charge in [-0.15, -0.1) is 0 Å². The molecule has 0 saturated carbocycles. The van der Waals surface area contributed by atoms with E-state index in [0.717, 1.165) is 6.42 Å². The van der Waals surface area contributed by atoms with Crippen LogP contribution in [0.25, 0.3) is 0 Å². The summed E-state index contributed by atoms with van der Waals surface area (Å²) < 4.78 is 33.0. The largest absolute Gasteiger partial charge is 0.435 e. The summed E-state index contributed by atoms with van der Waals surface area (Å²) >= 11 is 0. The number of alkyl halides is 2. The van der Waals surface area contributed by atoms with Crippen LogP contribution < -0.4 is 15.4 Å². The Morgan fingerprint density at radius 1 is 1.30 bits per heavy atom. The van der Waals surface area contributed by atoms with Crippen LogP contribution in [0.2, 0.25) is 0 Å². The SMILES string of the molecule is COCCCNC(=O)CNc1ccc(OC(F)F)cc1. The lowest BCUT2D eigenvalue weighted by Crippen LogP contribution is -2.31. The maximum Gasteiger partial charge on any atom is 0.387 e. The van der Waals surface area contributed by atoms with Gasteiger partial charge < -0.3 is 20.1 Å². The van der Waals surface area contributed by atoms with Crippen molar-refractivity contribution < 1.29 is 23.0 Å². The van der Waals surface area contributed by atoms with Crippen molar-refractivity contribution in [3.05, 3.63) is 24.3 Å². The Morgan fingerprint density at radius 3 is 2.60 bits per heavy atom. The monoisotopic (exact) mass is 288 g/mol. The highest BCUT2D eigenvalue weighted by atomic mass is 19.3. The van der Waals surface area contributed by atoms with E-state index >= 15 is 0 Å². The summed E-state index contributed by atoms with van der Waals surface area (Å²) in [7, 11) is 1.60. The first-order valence-electron chi connectivity index (χ1n) is 6.16. The number of amides is 1. The molecule has 7 heteroatoms. The molecule has 0 aliphatic carbocycles. The second-order valence-corrected chi connectivity index (χ2v) is 3.95. The zero-order valence-electron chi connectivity index (χ0n) is 11.2. The van der Waals surface area contributed by atoms with Crippen molar-refractivity contribution in [1.82, 2.24) is 5.32 Å². The number of methoxy groups -OCH3 is 1. The summed E-state index contributed by atoms with van der Waals surface area (Å²) in [4.78, 5) is 11.5. The predicted molar refractivity (Wildman–Crippen MR) is 71.1 cm³/mol. The van der Waals surface area contributed by atoms with Gasteiger partial charge in [0.25, 0.3) is 0 Å². The fraction of sp³-hybridized carbons (Fsp3) is 0.462. The van der Waals surface area contributed by atoms with Crippen LogP contribution in [-0.2, 0) is 9.53 Å². The van der Waals surface area contributed by atoms with E-state index in [1.165, 1.54) is 12.1 Å². The Labute approximate surface area is 116 Å². The molecule has 0 radical (unpaired) electrons. The van der Waals surface area contributed by atoms with Crippen molar-refractivity contribution in [2.75, 3.05) is 32.1 Å². The molecular weight excluding hydrogens is 270 g/mol. The third-order valence-corrected chi connectivity index (χ3v) is 2.38. The van der Waals surface area contributed by atoms with Crippen LogP contribution in [0.15, 0.2) is 24.3 Å². The zero-order chi connectivity index (χ0) is 14.8. The van der Waals surface area contributed by atoms with Crippen LogP contribution in [0.4, 0.5) is 14.5 Å². The minimum atomic E-state index is -2.84. The molecule has 20 heavy (non-hydrogen) atoms. The van der Waals surface area contributed by atoms with Gasteiger partial charge in [-0.25, -0.2) is 0 Å². The molecule has 5 nitrogen and oxygen atoms in total. The van der Waals surface area contributed by atoms with E-state index < -0.39 is 6.61 Å². The van der Waals surface area contributed by atoms with Crippen molar-refractivity contribution in [1.29, 1.82) is 0 Å². The standard InChI is InChI=1S/C13H18F2N2O3/c1-19-8-2-7-16-12(18)9-17-10-3-5-11(6-4-10)20-13(14)15/h3-6,13,17H,2,7-9H2,1H3,(H,16,18). The van der Waals surface area contributed by atoms with Crippen molar-refractivity contribution in [3.8, 4) is 5.75 Å². The summed E-state index contributed by atoms with van der Waals surface area (Å²) in [5, 5.41) is 5.60. The van der Waals surface area contributed by atoms with Gasteiger partial charge in [0.2, 0.25) is 5.91 Å². The Bertz CT molecular complexity index is 399. The zero-order valence-corrected chi connectivity index (χ0v) is 11.2. The smallest absolute Gasteiger partial charge is 0.387 e. The van der Waals surface area contributed by atoms with Gasteiger partial charge in [-0.05, 0) is 30.7 Å². The lowest BCUT2D eigenvalue weighted by Gasteiger charge is -2.09. The number of anilines is 1. The number of rotatable bonds is 9. The lowest BCUT2D eigenvalue weighted by molar-refractivity contribution is -0.119. The second kappa shape index (κ2) is 9.08. The fourth-order valence-electron chi connectivity index (χ4n) is 1.44. The Kier molecular flexibility index (Phi) is 7.34. The molecule has 0 atom stereocenters. The molecule has 0 aliphatic rings. The van der Waals surface area contributed by atoms with Crippen LogP contribution in [0.1, 0.15) is 6.42 Å². The summed E-state index contributed by atoms with van der Waals surface area (Å²) in [5.74, 6) is -0.0661. The molecule has 1 aromatic rings. The molecule has 0 heterocycles. The first kappa shape index (κ1) is 16.2. The molecule has 0 aliphatic heterocycles. The van der Waals surface area contributed by atoms with Crippen LogP contribution in [0.5, 0.6) is 5.75 Å². The highest BCUT2D eigenvalue weighted by Crippen LogP contribution is 2.17. The molecule has 1 amide bonds. The van der Waals surface area contributed by atoms with E-state index in [0.29, 0.717) is 18.8 Å². The fourth-order valence-corrected chi connectivity index (χ4v) is 1.44. The maximum atomic E-state index is 11.9. The van der Waals surface area contributed by atoms with Gasteiger partial charge in [0.15, 0.2) is 0 Å². The van der Waals surface area contributed by atoms with Gasteiger partial charge in [0.05, 0.1) is 6.54 Å². The molecule has 0 unspecified atom stereocenters. The second-order valence-electron chi connectivity index (χ2n) is 3.95. The van der Waals surface area contributed by atoms with E-state index in [9.17, 15) is 13.6 Å². The number of hydrogen-bond acceptors (Lipinski definition) is 4. The molecule has 0 aromatic heterocycles. The summed E-state index contributed by atoms with van der Waals surface area (Å²) in [6, 6.07) is 5.95. The summed E-state index contributed by atoms with van der Waals surface area (Å²) in [5.41, 5.74) is 0.652. The first-order valence-corrected chi connectivity index (χ1v) is 6.16. The van der Waals surface area contributed by atoms with Crippen molar-refractivity contribution >= 4 is 11.6 Å². The van der Waals surface area contributed by atoms with E-state index in [1.54, 1.807) is 19.2 Å². The number of ether oxygens (including phenoxy) is 2. The Balaban J connectivity index is 2.25. The van der Waals surface area contributed by atoms with Crippen LogP contribution in [-0.4, -0.2) is 39.3 Å². The van der Waals surface area contributed by atoms with Gasteiger partial charge in [0.1, 0.15) is 5.75 Å². The van der Waals surface area contributed by atoms with E-state index in [-0.39, 0.29) is 18.2 Å². The normalized spacial score (nSPS) is 10.4. The minimum Gasteiger partial charge on any atom is -0.435 e. The Hall–Kier alpha value is -1.89. The van der Waals surface area contributed by atoms with Crippen LogP contribution >= 0.6 is 0 Å². The molecule has 0 fully saturated rings. The van der Waals surface area contributed by atoms with Crippen molar-refractivity contribution in [2.24, 2.45) is 0 Å². The van der Waals surface area contributed by atoms with E-state index in [1.807, 2.05) is 0 Å². The average Bonchev–Trinajstić information content (AvgIpc) is 2.42. The molecule has 2 N–H and O–H groups in total. The number of carbonyl (C=O) groups is 1. The van der Waals surface area contributed by atoms with Crippen molar-refractivity contribution in [2.45, 2.75) is 13.0 Å². The van der Waals surface area contributed by atoms with Gasteiger partial charge in [-0.1, -0.05) is 0 Å². The van der Waals surface area contributed by atoms with Gasteiger partial charge in [0, 0.05) is 25.9 Å². The van der Waals surface area contributed by atoms with Gasteiger partial charge in [-0.3, -0.25) is 4.79 Å². The minimum absolute atomic E-state index is 0.0783. The summed E-state index contributed by atoms with van der Waals surface area (Å²) in [6.45, 7) is -1.58. The van der Waals surface area contributed by atoms with E-state index in [2.05, 4.69) is 15.4 Å². The van der Waals surface area contributed by atoms with Gasteiger partial charge >= 0.3 is 6.61 Å². The number of hydrogen-bond donors (Lipinski definition) is 2. The van der Waals surface area contributed by atoms with Gasteiger partial charge in [-0.2, -0.15) is 8.78 Å². The predicted octanol–water partition coefficient (Wildman–Crippen LogP) is 1.85. The average molecular weight is 288 g/mol. The molecule has 0 saturated heterocycles. The van der Waals surface area contributed by atoms with Crippen LogP contribution in [0.3, 0.4) is 0 Å². The lowest BCUT2D eigenvalue weighted by atomic mass is 10.3. The Morgan fingerprint density at radius 2 is 2.00 bits per heavy atom. The highest BCUT2D eigenvalue weighted by molar-refractivity contribution is 5.80. The quantitative estimate of drug-likeness (QED) is 0.681. The van der Waals surface area contributed by atoms with E-state index in [4.69, 9.17) is 4.74 Å². The number of benzene rings is 1. The maximum absolute atomic E-state index is 11.9. The molecule has 0 bridgehead atoms. The number of halogens is 2. The summed E-state index contributed by atoms with van der Waals surface area (Å²) in [6.07, 6.45) is 0.752. The first-order chi connectivity index (χ1) is 9.61. The molecular formula is C13H18F2N2O3. The molecule has 0 spiro atoms. The number of carbonyl (C=O) groups excluding carboxylic acids is 1.